The van der Waals surface area contributed by atoms with E-state index in [4.69, 9.17) is 4.74 Å². The molecule has 7 heteroatoms. The second-order valence-corrected chi connectivity index (χ2v) is 5.74. The molecule has 0 unspecified atom stereocenters. The van der Waals surface area contributed by atoms with Crippen molar-refractivity contribution in [3.8, 4) is 11.5 Å². The molecule has 0 saturated heterocycles. The number of nitrogens with one attached hydrogen (secondary N) is 1. The maximum Gasteiger partial charge on any atom is 0.294 e. The molecule has 0 amide bonds. The molecular formula is C17H22N2O5. The summed E-state index contributed by atoms with van der Waals surface area (Å²) in [5, 5.41) is 21.3. The normalized spacial score (nSPS) is 10.9. The smallest absolute Gasteiger partial charge is 0.294 e. The number of non-ortho nitro benzene ring substituents is 1. The lowest BCUT2D eigenvalue weighted by atomic mass is 10.1. The Morgan fingerprint density at radius 1 is 1.21 bits per heavy atom. The Hall–Kier alpha value is -2.57. The predicted octanol–water partition coefficient (Wildman–Crippen LogP) is 3.88. The zero-order valence-corrected chi connectivity index (χ0v) is 13.7. The van der Waals surface area contributed by atoms with E-state index in [0.717, 1.165) is 19.3 Å². The number of rotatable bonds is 9. The number of aromatic amines is 1. The van der Waals surface area contributed by atoms with Crippen LogP contribution in [0.1, 0.15) is 45.4 Å². The highest BCUT2D eigenvalue weighted by atomic mass is 16.6. The maximum absolute atomic E-state index is 12.0. The van der Waals surface area contributed by atoms with Crippen molar-refractivity contribution in [3.63, 3.8) is 0 Å². The topological polar surface area (TPSA) is 105 Å². The van der Waals surface area contributed by atoms with E-state index in [1.807, 2.05) is 0 Å². The molecule has 7 nitrogen and oxygen atoms in total. The third-order valence-electron chi connectivity index (χ3n) is 3.88. The number of unbranched alkanes of at least 4 members (excludes halogenated alkanes) is 5. The van der Waals surface area contributed by atoms with E-state index in [1.54, 1.807) is 0 Å². The number of hydrogen-bond acceptors (Lipinski definition) is 5. The van der Waals surface area contributed by atoms with Crippen LogP contribution in [0.15, 0.2) is 23.0 Å². The van der Waals surface area contributed by atoms with Crippen LogP contribution in [0.3, 0.4) is 0 Å². The highest BCUT2D eigenvalue weighted by Gasteiger charge is 2.15. The second kappa shape index (κ2) is 8.33. The van der Waals surface area contributed by atoms with E-state index in [9.17, 15) is 20.0 Å². The van der Waals surface area contributed by atoms with Crippen molar-refractivity contribution in [1.29, 1.82) is 0 Å². The van der Waals surface area contributed by atoms with Gasteiger partial charge in [0.1, 0.15) is 0 Å². The fourth-order valence-corrected chi connectivity index (χ4v) is 2.56. The molecule has 2 N–H and O–H groups in total. The van der Waals surface area contributed by atoms with Gasteiger partial charge in [0.05, 0.1) is 17.0 Å². The van der Waals surface area contributed by atoms with Gasteiger partial charge in [-0.05, 0) is 12.5 Å². The van der Waals surface area contributed by atoms with E-state index in [1.165, 1.54) is 37.5 Å². The van der Waals surface area contributed by atoms with Gasteiger partial charge in [0.25, 0.3) is 11.2 Å². The molecule has 2 rings (SSSR count). The number of aromatic hydroxyl groups is 1. The molecule has 0 atom stereocenters. The average Bonchev–Trinajstić information content (AvgIpc) is 2.56. The summed E-state index contributed by atoms with van der Waals surface area (Å²) in [7, 11) is 0. The van der Waals surface area contributed by atoms with Crippen LogP contribution in [-0.2, 0) is 0 Å². The van der Waals surface area contributed by atoms with Crippen LogP contribution in [0.4, 0.5) is 5.69 Å². The molecule has 0 radical (unpaired) electrons. The highest BCUT2D eigenvalue weighted by molar-refractivity contribution is 5.88. The maximum atomic E-state index is 12.0. The average molecular weight is 334 g/mol. The number of nitro benzene ring substituents is 1. The number of benzene rings is 1. The lowest BCUT2D eigenvalue weighted by Gasteiger charge is -2.09. The van der Waals surface area contributed by atoms with Crippen LogP contribution in [0.25, 0.3) is 10.9 Å². The van der Waals surface area contributed by atoms with Gasteiger partial charge in [-0.1, -0.05) is 39.0 Å². The Balaban J connectivity index is 2.07. The molecule has 0 aliphatic rings. The summed E-state index contributed by atoms with van der Waals surface area (Å²) in [6, 6.07) is 3.89. The highest BCUT2D eigenvalue weighted by Crippen LogP contribution is 2.31. The molecule has 0 aliphatic heterocycles. The largest absolute Gasteiger partial charge is 0.504 e. The molecule has 0 saturated carbocycles. The lowest BCUT2D eigenvalue weighted by molar-refractivity contribution is -0.384. The minimum absolute atomic E-state index is 0.134. The molecule has 24 heavy (non-hydrogen) atoms. The zero-order chi connectivity index (χ0) is 17.5. The summed E-state index contributed by atoms with van der Waals surface area (Å²) in [5.41, 5.74) is -0.539. The number of hydrogen-bond donors (Lipinski definition) is 2. The van der Waals surface area contributed by atoms with Gasteiger partial charge >= 0.3 is 0 Å². The number of H-pyrrole nitrogens is 1. The first-order valence-corrected chi connectivity index (χ1v) is 8.20. The zero-order valence-electron chi connectivity index (χ0n) is 13.7. The summed E-state index contributed by atoms with van der Waals surface area (Å²) in [5.74, 6) is -0.417. The van der Waals surface area contributed by atoms with Crippen LogP contribution in [0.2, 0.25) is 0 Å². The third-order valence-corrected chi connectivity index (χ3v) is 3.88. The monoisotopic (exact) mass is 334 g/mol. The SMILES string of the molecule is CCCCCCCCOc1c(O)c2ccc([N+](=O)[O-])cc2[nH]c1=O. The van der Waals surface area contributed by atoms with Crippen LogP contribution < -0.4 is 10.3 Å². The van der Waals surface area contributed by atoms with Crippen LogP contribution in [-0.4, -0.2) is 21.6 Å². The van der Waals surface area contributed by atoms with Crippen LogP contribution in [0.5, 0.6) is 11.5 Å². The molecule has 1 aromatic heterocycles. The summed E-state index contributed by atoms with van der Waals surface area (Å²) in [6.07, 6.45) is 6.55. The fraction of sp³-hybridized carbons (Fsp3) is 0.471. The van der Waals surface area contributed by atoms with Crippen molar-refractivity contribution in [2.45, 2.75) is 45.4 Å². The summed E-state index contributed by atoms with van der Waals surface area (Å²) >= 11 is 0. The van der Waals surface area contributed by atoms with E-state index in [0.29, 0.717) is 12.0 Å². The summed E-state index contributed by atoms with van der Waals surface area (Å²) < 4.78 is 5.43. The van der Waals surface area contributed by atoms with Crippen LogP contribution in [0, 0.1) is 10.1 Å². The fourth-order valence-electron chi connectivity index (χ4n) is 2.56. The van der Waals surface area contributed by atoms with Crippen molar-refractivity contribution in [1.82, 2.24) is 4.98 Å². The van der Waals surface area contributed by atoms with E-state index in [-0.39, 0.29) is 22.7 Å². The summed E-state index contributed by atoms with van der Waals surface area (Å²) in [6.45, 7) is 2.51. The molecule has 0 fully saturated rings. The number of fused-ring (bicyclic) bond motifs is 1. The molecule has 0 spiro atoms. The number of nitro groups is 1. The van der Waals surface area contributed by atoms with Crippen molar-refractivity contribution in [3.05, 3.63) is 38.7 Å². The first-order valence-electron chi connectivity index (χ1n) is 8.20. The molecule has 0 aliphatic carbocycles. The number of pyridine rings is 1. The molecular weight excluding hydrogens is 312 g/mol. The van der Waals surface area contributed by atoms with Crippen molar-refractivity contribution < 1.29 is 14.8 Å². The van der Waals surface area contributed by atoms with Gasteiger partial charge in [-0.15, -0.1) is 0 Å². The second-order valence-electron chi connectivity index (χ2n) is 5.74. The first kappa shape index (κ1) is 17.8. The van der Waals surface area contributed by atoms with Gasteiger partial charge in [-0.25, -0.2) is 0 Å². The Labute approximate surface area is 139 Å². The van der Waals surface area contributed by atoms with Gasteiger partial charge in [0.15, 0.2) is 5.75 Å². The molecule has 0 bridgehead atoms. The van der Waals surface area contributed by atoms with Gasteiger partial charge in [0, 0.05) is 17.5 Å². The van der Waals surface area contributed by atoms with Crippen molar-refractivity contribution in [2.75, 3.05) is 6.61 Å². The molecule has 130 valence electrons. The molecule has 1 heterocycles. The van der Waals surface area contributed by atoms with Crippen molar-refractivity contribution >= 4 is 16.6 Å². The number of aromatic nitrogens is 1. The Bertz CT molecular complexity index is 769. The quantitative estimate of drug-likeness (QED) is 0.411. The minimum Gasteiger partial charge on any atom is -0.504 e. The minimum atomic E-state index is -0.591. The van der Waals surface area contributed by atoms with Gasteiger partial charge in [-0.3, -0.25) is 14.9 Å². The number of ether oxygens (including phenoxy) is 1. The Morgan fingerprint density at radius 2 is 1.92 bits per heavy atom. The Morgan fingerprint density at radius 3 is 2.62 bits per heavy atom. The van der Waals surface area contributed by atoms with E-state index >= 15 is 0 Å². The van der Waals surface area contributed by atoms with E-state index < -0.39 is 10.5 Å². The van der Waals surface area contributed by atoms with Crippen molar-refractivity contribution in [2.24, 2.45) is 0 Å². The third kappa shape index (κ3) is 4.24. The standard InChI is InChI=1S/C17H22N2O5/c1-2-3-4-5-6-7-10-24-16-15(20)13-9-8-12(19(22)23)11-14(13)18-17(16)21/h8-9,11H,2-7,10H2,1H3,(H2,18,20,21). The Kier molecular flexibility index (Phi) is 6.17. The van der Waals surface area contributed by atoms with E-state index in [2.05, 4.69) is 11.9 Å². The van der Waals surface area contributed by atoms with Gasteiger partial charge < -0.3 is 14.8 Å². The molecule has 2 aromatic rings. The van der Waals surface area contributed by atoms with Crippen LogP contribution >= 0.6 is 0 Å². The summed E-state index contributed by atoms with van der Waals surface area (Å²) in [4.78, 5) is 24.8. The van der Waals surface area contributed by atoms with Gasteiger partial charge in [0.2, 0.25) is 5.75 Å². The lowest BCUT2D eigenvalue weighted by Crippen LogP contribution is -2.12. The first-order chi connectivity index (χ1) is 11.5. The number of nitrogens with zero attached hydrogens (tertiary/aromatic N) is 1. The molecule has 1 aromatic carbocycles. The predicted molar refractivity (Wildman–Crippen MR) is 91.8 cm³/mol. The van der Waals surface area contributed by atoms with Gasteiger partial charge in [-0.2, -0.15) is 0 Å².